The lowest BCUT2D eigenvalue weighted by atomic mass is 9.85. The van der Waals surface area contributed by atoms with E-state index in [1.165, 1.54) is 20.1 Å². The Morgan fingerprint density at radius 3 is 2.14 bits per heavy atom. The first-order valence-electron chi connectivity index (χ1n) is 11.3. The van der Waals surface area contributed by atoms with Crippen molar-refractivity contribution in [1.82, 2.24) is 0 Å². The van der Waals surface area contributed by atoms with E-state index < -0.39 is 5.82 Å². The van der Waals surface area contributed by atoms with Gasteiger partial charge in [-0.15, -0.1) is 0 Å². The zero-order valence-electron chi connectivity index (χ0n) is 20.7. The summed E-state index contributed by atoms with van der Waals surface area (Å²) in [6, 6.07) is 17.2. The van der Waals surface area contributed by atoms with Crippen LogP contribution in [0.5, 0.6) is 11.5 Å². The number of anilines is 2. The van der Waals surface area contributed by atoms with Crippen molar-refractivity contribution in [1.29, 1.82) is 0 Å². The standard InChI is InChI=1S/C29H25Cl2FN2O3/c1-15-11-21(20-14-19(30)7-10-25(20)36-3)29(33)28(17-5-8-24(22(31)12-17)34-16(2)35)27(15)18-6-9-26(37-4)23(32)13-18/h5-14H,33H2,1-4H3,(H,34,35). The van der Waals surface area contributed by atoms with Gasteiger partial charge < -0.3 is 20.5 Å². The molecule has 5 nitrogen and oxygen atoms in total. The molecule has 1 amide bonds. The van der Waals surface area contributed by atoms with E-state index >= 15 is 0 Å². The maximum Gasteiger partial charge on any atom is 0.221 e. The summed E-state index contributed by atoms with van der Waals surface area (Å²) in [4.78, 5) is 11.6. The third kappa shape index (κ3) is 5.22. The maximum absolute atomic E-state index is 14.8. The van der Waals surface area contributed by atoms with Gasteiger partial charge >= 0.3 is 0 Å². The lowest BCUT2D eigenvalue weighted by Gasteiger charge is -2.22. The SMILES string of the molecule is COc1ccc(-c2c(C)cc(-c3cc(Cl)ccc3OC)c(N)c2-c2ccc(NC(C)=O)c(Cl)c2)cc1F. The fourth-order valence-corrected chi connectivity index (χ4v) is 4.80. The van der Waals surface area contributed by atoms with Gasteiger partial charge in [-0.2, -0.15) is 0 Å². The summed E-state index contributed by atoms with van der Waals surface area (Å²) < 4.78 is 25.5. The number of hydrogen-bond donors (Lipinski definition) is 2. The van der Waals surface area contributed by atoms with Gasteiger partial charge in [0, 0.05) is 34.3 Å². The predicted molar refractivity (Wildman–Crippen MR) is 149 cm³/mol. The first-order chi connectivity index (χ1) is 17.6. The third-order valence-corrected chi connectivity index (χ3v) is 6.57. The maximum atomic E-state index is 14.8. The van der Waals surface area contributed by atoms with Crippen LogP contribution in [0.2, 0.25) is 10.0 Å². The lowest BCUT2D eigenvalue weighted by molar-refractivity contribution is -0.114. The van der Waals surface area contributed by atoms with Gasteiger partial charge in [0.05, 0.1) is 24.9 Å². The van der Waals surface area contributed by atoms with Gasteiger partial charge in [-0.25, -0.2) is 4.39 Å². The number of nitrogen functional groups attached to an aromatic ring is 1. The Bertz CT molecular complexity index is 1520. The van der Waals surface area contributed by atoms with Crippen molar-refractivity contribution in [2.24, 2.45) is 0 Å². The van der Waals surface area contributed by atoms with Gasteiger partial charge in [0.1, 0.15) is 5.75 Å². The normalized spacial score (nSPS) is 10.8. The number of carbonyl (C=O) groups is 1. The molecule has 4 aromatic rings. The van der Waals surface area contributed by atoms with Gasteiger partial charge in [-0.1, -0.05) is 35.3 Å². The van der Waals surface area contributed by atoms with Crippen LogP contribution in [0.1, 0.15) is 12.5 Å². The highest BCUT2D eigenvalue weighted by Crippen LogP contribution is 2.47. The molecule has 0 aliphatic rings. The zero-order chi connectivity index (χ0) is 26.9. The molecule has 0 unspecified atom stereocenters. The molecule has 4 aromatic carbocycles. The highest BCUT2D eigenvalue weighted by atomic mass is 35.5. The molecule has 0 bridgehead atoms. The number of amides is 1. The fourth-order valence-electron chi connectivity index (χ4n) is 4.40. The molecule has 0 spiro atoms. The predicted octanol–water partition coefficient (Wildman–Crippen LogP) is 8.00. The Labute approximate surface area is 224 Å². The molecule has 8 heteroatoms. The Kier molecular flexibility index (Phi) is 7.62. The lowest BCUT2D eigenvalue weighted by Crippen LogP contribution is -2.06. The number of hydrogen-bond acceptors (Lipinski definition) is 4. The van der Waals surface area contributed by atoms with E-state index in [1.54, 1.807) is 49.6 Å². The van der Waals surface area contributed by atoms with Crippen molar-refractivity contribution in [2.45, 2.75) is 13.8 Å². The van der Waals surface area contributed by atoms with E-state index in [-0.39, 0.29) is 11.7 Å². The average molecular weight is 539 g/mol. The first-order valence-corrected chi connectivity index (χ1v) is 12.1. The van der Waals surface area contributed by atoms with Gasteiger partial charge in [0.25, 0.3) is 0 Å². The number of nitrogens with two attached hydrogens (primary N) is 1. The molecule has 37 heavy (non-hydrogen) atoms. The van der Waals surface area contributed by atoms with Gasteiger partial charge in [-0.05, 0) is 77.7 Å². The molecule has 3 N–H and O–H groups in total. The average Bonchev–Trinajstić information content (AvgIpc) is 2.86. The number of carbonyl (C=O) groups excluding carboxylic acids is 1. The summed E-state index contributed by atoms with van der Waals surface area (Å²) in [6.45, 7) is 3.33. The topological polar surface area (TPSA) is 73.6 Å². The summed E-state index contributed by atoms with van der Waals surface area (Å²) in [5.74, 6) is 0.000597. The summed E-state index contributed by atoms with van der Waals surface area (Å²) in [7, 11) is 2.99. The molecular formula is C29H25Cl2FN2O3. The van der Waals surface area contributed by atoms with E-state index in [0.717, 1.165) is 11.1 Å². The van der Waals surface area contributed by atoms with Crippen LogP contribution in [0.3, 0.4) is 0 Å². The molecule has 0 fully saturated rings. The van der Waals surface area contributed by atoms with E-state index in [4.69, 9.17) is 38.4 Å². The summed E-state index contributed by atoms with van der Waals surface area (Å²) in [5, 5.41) is 3.57. The zero-order valence-corrected chi connectivity index (χ0v) is 22.2. The highest BCUT2D eigenvalue weighted by molar-refractivity contribution is 6.34. The molecular weight excluding hydrogens is 514 g/mol. The van der Waals surface area contributed by atoms with Crippen LogP contribution >= 0.6 is 23.2 Å². The van der Waals surface area contributed by atoms with Crippen molar-refractivity contribution >= 4 is 40.5 Å². The minimum Gasteiger partial charge on any atom is -0.496 e. The van der Waals surface area contributed by atoms with Crippen LogP contribution < -0.4 is 20.5 Å². The molecule has 0 aliphatic heterocycles. The second-order valence-corrected chi connectivity index (χ2v) is 9.32. The Morgan fingerprint density at radius 1 is 0.865 bits per heavy atom. The number of aryl methyl sites for hydroxylation is 1. The van der Waals surface area contributed by atoms with Crippen LogP contribution in [0.15, 0.2) is 60.7 Å². The quantitative estimate of drug-likeness (QED) is 0.244. The number of ether oxygens (including phenoxy) is 2. The van der Waals surface area contributed by atoms with Crippen LogP contribution in [0, 0.1) is 12.7 Å². The second kappa shape index (κ2) is 10.7. The van der Waals surface area contributed by atoms with Crippen LogP contribution in [0.25, 0.3) is 33.4 Å². The van der Waals surface area contributed by atoms with E-state index in [0.29, 0.717) is 55.0 Å². The third-order valence-electron chi connectivity index (χ3n) is 6.03. The number of methoxy groups -OCH3 is 2. The van der Waals surface area contributed by atoms with Crippen molar-refractivity contribution in [3.8, 4) is 44.9 Å². The molecule has 0 aromatic heterocycles. The molecule has 0 aliphatic carbocycles. The fraction of sp³-hybridized carbons (Fsp3) is 0.138. The summed E-state index contributed by atoms with van der Waals surface area (Å²) >= 11 is 12.9. The van der Waals surface area contributed by atoms with E-state index in [1.807, 2.05) is 19.1 Å². The van der Waals surface area contributed by atoms with Crippen LogP contribution in [-0.4, -0.2) is 20.1 Å². The number of rotatable bonds is 6. The number of benzene rings is 4. The second-order valence-electron chi connectivity index (χ2n) is 8.47. The van der Waals surface area contributed by atoms with E-state index in [9.17, 15) is 9.18 Å². The Morgan fingerprint density at radius 2 is 1.51 bits per heavy atom. The minimum absolute atomic E-state index is 0.138. The van der Waals surface area contributed by atoms with Crippen molar-refractivity contribution in [3.63, 3.8) is 0 Å². The smallest absolute Gasteiger partial charge is 0.221 e. The molecule has 4 rings (SSSR count). The van der Waals surface area contributed by atoms with Crippen molar-refractivity contribution in [2.75, 3.05) is 25.3 Å². The van der Waals surface area contributed by atoms with Gasteiger partial charge in [-0.3, -0.25) is 4.79 Å². The Balaban J connectivity index is 2.05. The van der Waals surface area contributed by atoms with E-state index in [2.05, 4.69) is 5.32 Å². The number of halogens is 3. The summed E-state index contributed by atoms with van der Waals surface area (Å²) in [5.41, 5.74) is 12.7. The largest absolute Gasteiger partial charge is 0.496 e. The monoisotopic (exact) mass is 538 g/mol. The molecule has 0 atom stereocenters. The van der Waals surface area contributed by atoms with Gasteiger partial charge in [0.2, 0.25) is 5.91 Å². The highest BCUT2D eigenvalue weighted by Gasteiger charge is 2.22. The van der Waals surface area contributed by atoms with Crippen LogP contribution in [0.4, 0.5) is 15.8 Å². The molecule has 190 valence electrons. The molecule has 0 radical (unpaired) electrons. The van der Waals surface area contributed by atoms with Gasteiger partial charge in [0.15, 0.2) is 11.6 Å². The molecule has 0 saturated carbocycles. The summed E-state index contributed by atoms with van der Waals surface area (Å²) in [6.07, 6.45) is 0. The molecule has 0 heterocycles. The first kappa shape index (κ1) is 26.3. The minimum atomic E-state index is -0.497. The van der Waals surface area contributed by atoms with Crippen molar-refractivity contribution < 1.29 is 18.7 Å². The van der Waals surface area contributed by atoms with Crippen LogP contribution in [-0.2, 0) is 4.79 Å². The van der Waals surface area contributed by atoms with Crippen molar-refractivity contribution in [3.05, 3.63) is 82.1 Å². The number of nitrogens with one attached hydrogen (secondary N) is 1. The Hall–Kier alpha value is -3.74. The molecule has 0 saturated heterocycles.